The van der Waals surface area contributed by atoms with Crippen molar-refractivity contribution in [2.75, 3.05) is 0 Å². The fraction of sp³-hybridized carbons (Fsp3) is 1.00. The largest absolute Gasteiger partial charge is 0.464 e. The summed E-state index contributed by atoms with van der Waals surface area (Å²) < 4.78 is 195. The Morgan fingerprint density at radius 3 is 0.917 bits per heavy atom. The van der Waals surface area contributed by atoms with Gasteiger partial charge in [-0.15, -0.1) is 0 Å². The van der Waals surface area contributed by atoms with Crippen LogP contribution >= 0.6 is 11.8 Å². The van der Waals surface area contributed by atoms with Crippen molar-refractivity contribution in [1.82, 2.24) is 0 Å². The standard InChI is InChI=1S/C7F16S/c8-1(9,2(10,11)4(14,15)16)3(12,13)6(20,21)24-7(22,23)5(17,18)19. The summed E-state index contributed by atoms with van der Waals surface area (Å²) in [6.45, 7) is 0. The van der Waals surface area contributed by atoms with Crippen LogP contribution in [0.3, 0.4) is 0 Å². The lowest BCUT2D eigenvalue weighted by Crippen LogP contribution is -2.66. The maximum absolute atomic E-state index is 12.7. The predicted octanol–water partition coefficient (Wildman–Crippen LogP) is 5.94. The molecule has 0 aromatic rings. The average Bonchev–Trinajstić information content (AvgIpc) is 2.23. The summed E-state index contributed by atoms with van der Waals surface area (Å²) >= 11 is -3.55. The maximum atomic E-state index is 12.7. The van der Waals surface area contributed by atoms with E-state index in [1.165, 1.54) is 0 Å². The van der Waals surface area contributed by atoms with Crippen molar-refractivity contribution < 1.29 is 70.2 Å². The van der Waals surface area contributed by atoms with Crippen LogP contribution in [0.15, 0.2) is 0 Å². The molecule has 0 fully saturated rings. The van der Waals surface area contributed by atoms with Crippen molar-refractivity contribution in [3.63, 3.8) is 0 Å². The Balaban J connectivity index is 6.04. The molecule has 146 valence electrons. The highest BCUT2D eigenvalue weighted by molar-refractivity contribution is 8.01. The van der Waals surface area contributed by atoms with Gasteiger partial charge in [0.15, 0.2) is 0 Å². The summed E-state index contributed by atoms with van der Waals surface area (Å²) in [5, 5.41) is -14.2. The number of halogens is 16. The van der Waals surface area contributed by atoms with Gasteiger partial charge in [0.25, 0.3) is 0 Å². The lowest BCUT2D eigenvalue weighted by atomic mass is 10.0. The third kappa shape index (κ3) is 3.44. The van der Waals surface area contributed by atoms with Crippen molar-refractivity contribution >= 4 is 11.8 Å². The summed E-state index contributed by atoms with van der Waals surface area (Å²) in [6.07, 6.45) is -14.6. The Morgan fingerprint density at radius 1 is 0.333 bits per heavy atom. The lowest BCUT2D eigenvalue weighted by Gasteiger charge is -2.37. The highest BCUT2D eigenvalue weighted by Gasteiger charge is 2.88. The van der Waals surface area contributed by atoms with Crippen molar-refractivity contribution in [2.45, 2.75) is 40.6 Å². The van der Waals surface area contributed by atoms with E-state index in [1.54, 1.807) is 0 Å². The lowest BCUT2D eigenvalue weighted by molar-refractivity contribution is -0.412. The van der Waals surface area contributed by atoms with Crippen LogP contribution in [0.5, 0.6) is 0 Å². The van der Waals surface area contributed by atoms with Gasteiger partial charge in [0.05, 0.1) is 0 Å². The van der Waals surface area contributed by atoms with Crippen LogP contribution < -0.4 is 0 Å². The summed E-state index contributed by atoms with van der Waals surface area (Å²) in [4.78, 5) is 0. The molecule has 24 heavy (non-hydrogen) atoms. The Bertz CT molecular complexity index is 454. The normalized spacial score (nSPS) is 16.5. The van der Waals surface area contributed by atoms with Crippen LogP contribution in [0.25, 0.3) is 0 Å². The first-order valence-corrected chi connectivity index (χ1v) is 5.50. The number of rotatable bonds is 5. The Morgan fingerprint density at radius 2 is 0.667 bits per heavy atom. The van der Waals surface area contributed by atoms with Gasteiger partial charge in [-0.3, -0.25) is 0 Å². The van der Waals surface area contributed by atoms with Crippen molar-refractivity contribution in [2.24, 2.45) is 0 Å². The minimum Gasteiger partial charge on any atom is -0.192 e. The molecule has 0 nitrogen and oxygen atoms in total. The monoisotopic (exact) mass is 420 g/mol. The molecule has 0 heterocycles. The smallest absolute Gasteiger partial charge is 0.192 e. The Hall–Kier alpha value is -0.770. The van der Waals surface area contributed by atoms with Gasteiger partial charge in [-0.2, -0.15) is 70.2 Å². The number of thioether (sulfide) groups is 1. The van der Waals surface area contributed by atoms with Gasteiger partial charge in [0.2, 0.25) is 0 Å². The number of alkyl halides is 16. The molecule has 0 aromatic carbocycles. The van der Waals surface area contributed by atoms with E-state index < -0.39 is 52.4 Å². The first-order valence-electron chi connectivity index (χ1n) is 4.68. The second-order valence-electron chi connectivity index (χ2n) is 3.85. The van der Waals surface area contributed by atoms with Gasteiger partial charge >= 0.3 is 40.6 Å². The Kier molecular flexibility index (Phi) is 5.44. The zero-order valence-corrected chi connectivity index (χ0v) is 10.8. The number of hydrogen-bond donors (Lipinski definition) is 0. The van der Waals surface area contributed by atoms with Gasteiger partial charge in [-0.05, 0) is 0 Å². The molecule has 17 heteroatoms. The van der Waals surface area contributed by atoms with Crippen LogP contribution in [0.2, 0.25) is 0 Å². The van der Waals surface area contributed by atoms with Crippen molar-refractivity contribution in [3.8, 4) is 0 Å². The van der Waals surface area contributed by atoms with E-state index in [0.29, 0.717) is 0 Å². The molecular formula is C7F16S. The van der Waals surface area contributed by atoms with E-state index in [0.717, 1.165) is 0 Å². The van der Waals surface area contributed by atoms with E-state index >= 15 is 0 Å². The van der Waals surface area contributed by atoms with E-state index in [2.05, 4.69) is 0 Å². The van der Waals surface area contributed by atoms with Gasteiger partial charge in [-0.25, -0.2) is 0 Å². The molecule has 0 unspecified atom stereocenters. The molecule has 0 spiro atoms. The van der Waals surface area contributed by atoms with E-state index in [4.69, 9.17) is 0 Å². The summed E-state index contributed by atoms with van der Waals surface area (Å²) in [6, 6.07) is 0. The third-order valence-electron chi connectivity index (χ3n) is 2.10. The average molecular weight is 420 g/mol. The van der Waals surface area contributed by atoms with Gasteiger partial charge < -0.3 is 0 Å². The molecule has 0 saturated heterocycles. The molecule has 0 aliphatic carbocycles. The van der Waals surface area contributed by atoms with Gasteiger partial charge in [0.1, 0.15) is 0 Å². The minimum absolute atomic E-state index is 3.55. The zero-order valence-electron chi connectivity index (χ0n) is 9.96. The van der Waals surface area contributed by atoms with Crippen molar-refractivity contribution in [1.29, 1.82) is 0 Å². The molecule has 0 aliphatic rings. The van der Waals surface area contributed by atoms with Crippen molar-refractivity contribution in [3.05, 3.63) is 0 Å². The molecule has 0 rings (SSSR count). The molecule has 0 amide bonds. The molecular weight excluding hydrogens is 420 g/mol. The molecule has 0 aliphatic heterocycles. The molecule has 0 bridgehead atoms. The van der Waals surface area contributed by atoms with Gasteiger partial charge in [-0.1, -0.05) is 0 Å². The fourth-order valence-electron chi connectivity index (χ4n) is 0.841. The molecule has 0 aromatic heterocycles. The highest BCUT2D eigenvalue weighted by atomic mass is 32.2. The minimum atomic E-state index is -8.06. The Labute approximate surface area is 124 Å². The maximum Gasteiger partial charge on any atom is 0.464 e. The third-order valence-corrected chi connectivity index (χ3v) is 3.10. The SMILES string of the molecule is FC(F)(F)C(F)(F)SC(F)(F)C(F)(F)C(F)(F)C(F)(F)C(F)(F)F. The molecule has 0 saturated carbocycles. The first-order chi connectivity index (χ1) is 9.96. The second-order valence-corrected chi connectivity index (χ2v) is 5.08. The highest BCUT2D eigenvalue weighted by Crippen LogP contribution is 2.63. The zero-order chi connectivity index (χ0) is 20.2. The first kappa shape index (κ1) is 23.2. The fourth-order valence-corrected chi connectivity index (χ4v) is 1.53. The topological polar surface area (TPSA) is 0 Å². The predicted molar refractivity (Wildman–Crippen MR) is 44.4 cm³/mol. The second kappa shape index (κ2) is 5.62. The molecule has 0 N–H and O–H groups in total. The van der Waals surface area contributed by atoms with E-state index in [-0.39, 0.29) is 0 Å². The quantitative estimate of drug-likeness (QED) is 0.497. The van der Waals surface area contributed by atoms with Crippen LogP contribution in [-0.2, 0) is 0 Å². The van der Waals surface area contributed by atoms with Crippen LogP contribution in [0.4, 0.5) is 70.2 Å². The summed E-state index contributed by atoms with van der Waals surface area (Å²) in [5.41, 5.74) is 0. The molecule has 0 atom stereocenters. The van der Waals surface area contributed by atoms with E-state index in [9.17, 15) is 70.2 Å². The van der Waals surface area contributed by atoms with Crippen LogP contribution in [0, 0.1) is 0 Å². The summed E-state index contributed by atoms with van der Waals surface area (Å²) in [7, 11) is 0. The summed E-state index contributed by atoms with van der Waals surface area (Å²) in [5.74, 6) is -23.9. The van der Waals surface area contributed by atoms with E-state index in [1.807, 2.05) is 0 Å². The van der Waals surface area contributed by atoms with Crippen LogP contribution in [-0.4, -0.2) is 40.6 Å². The molecule has 0 radical (unpaired) electrons. The van der Waals surface area contributed by atoms with Crippen LogP contribution in [0.1, 0.15) is 0 Å². The number of hydrogen-bond acceptors (Lipinski definition) is 1. The van der Waals surface area contributed by atoms with Gasteiger partial charge in [0, 0.05) is 11.8 Å².